The first-order valence-corrected chi connectivity index (χ1v) is 6.34. The highest BCUT2D eigenvalue weighted by atomic mass is 79.9. The molecule has 1 heterocycles. The van der Waals surface area contributed by atoms with Gasteiger partial charge in [-0.25, -0.2) is 10.8 Å². The molecular formula is C12H14BrN5O2. The highest BCUT2D eigenvalue weighted by molar-refractivity contribution is 9.11. The monoisotopic (exact) mass is 339 g/mol. The first-order chi connectivity index (χ1) is 9.60. The second kappa shape index (κ2) is 8.20. The van der Waals surface area contributed by atoms with Crippen LogP contribution in [-0.4, -0.2) is 29.6 Å². The molecule has 0 radical (unpaired) electrons. The Kier molecular flexibility index (Phi) is 6.57. The molecule has 0 bridgehead atoms. The fraction of sp³-hybridized carbons (Fsp3) is 0.0833. The molecule has 0 spiro atoms. The molecule has 8 heteroatoms. The fourth-order valence-corrected chi connectivity index (χ4v) is 1.72. The second-order valence-electron chi connectivity index (χ2n) is 3.58. The fourth-order valence-electron chi connectivity index (χ4n) is 1.38. The molecule has 1 unspecified atom stereocenters. The number of rotatable bonds is 2. The Balaban J connectivity index is 0.000000444. The highest BCUT2D eigenvalue weighted by Gasteiger charge is 2.21. The Labute approximate surface area is 124 Å². The number of hydrazine groups is 1. The Morgan fingerprint density at radius 2 is 2.00 bits per heavy atom. The lowest BCUT2D eigenvalue weighted by molar-refractivity contribution is -0.109. The van der Waals surface area contributed by atoms with Gasteiger partial charge in [-0.05, 0) is 28.1 Å². The average Bonchev–Trinajstić information content (AvgIpc) is 2.50. The number of halogens is 1. The SMILES string of the molecule is NC1C=NC(Br)=CN1C(=O)c1ccccc1.NNC=O. The number of carbonyl (C=O) groups is 2. The van der Waals surface area contributed by atoms with E-state index in [4.69, 9.17) is 10.5 Å². The van der Waals surface area contributed by atoms with E-state index < -0.39 is 6.17 Å². The van der Waals surface area contributed by atoms with Crippen LogP contribution in [0.4, 0.5) is 0 Å². The molecule has 1 aliphatic rings. The Hall–Kier alpha value is -2.03. The maximum Gasteiger partial charge on any atom is 0.259 e. The van der Waals surface area contributed by atoms with Gasteiger partial charge in [0.25, 0.3) is 5.91 Å². The van der Waals surface area contributed by atoms with Crippen LogP contribution >= 0.6 is 15.9 Å². The lowest BCUT2D eigenvalue weighted by Crippen LogP contribution is -2.44. The van der Waals surface area contributed by atoms with Gasteiger partial charge in [-0.2, -0.15) is 0 Å². The smallest absolute Gasteiger partial charge is 0.259 e. The molecular weight excluding hydrogens is 326 g/mol. The van der Waals surface area contributed by atoms with Gasteiger partial charge in [-0.1, -0.05) is 18.2 Å². The quantitative estimate of drug-likeness (QED) is 0.236. The summed E-state index contributed by atoms with van der Waals surface area (Å²) in [6.45, 7) is 0. The average molecular weight is 340 g/mol. The van der Waals surface area contributed by atoms with E-state index in [9.17, 15) is 4.79 Å². The predicted molar refractivity (Wildman–Crippen MR) is 79.5 cm³/mol. The molecule has 0 fully saturated rings. The maximum atomic E-state index is 12.1. The van der Waals surface area contributed by atoms with Crippen molar-refractivity contribution in [3.8, 4) is 0 Å². The first-order valence-electron chi connectivity index (χ1n) is 5.54. The lowest BCUT2D eigenvalue weighted by Gasteiger charge is -2.25. The standard InChI is InChI=1S/C11H10BrN3O.CH4N2O/c12-9-7-15(10(13)6-14-9)11(16)8-4-2-1-3-5-8;2-3-1-4/h1-7,10H,13H2;1H,2H2,(H,3,4). The summed E-state index contributed by atoms with van der Waals surface area (Å²) in [7, 11) is 0. The van der Waals surface area contributed by atoms with Gasteiger partial charge >= 0.3 is 0 Å². The van der Waals surface area contributed by atoms with Crippen LogP contribution in [0.15, 0.2) is 46.1 Å². The summed E-state index contributed by atoms with van der Waals surface area (Å²) >= 11 is 3.21. The minimum atomic E-state index is -0.519. The van der Waals surface area contributed by atoms with Crippen LogP contribution in [0, 0.1) is 0 Å². The van der Waals surface area contributed by atoms with Gasteiger partial charge < -0.3 is 5.73 Å². The van der Waals surface area contributed by atoms with Crippen LogP contribution in [0.2, 0.25) is 0 Å². The van der Waals surface area contributed by atoms with E-state index in [2.05, 4.69) is 26.8 Å². The summed E-state index contributed by atoms with van der Waals surface area (Å²) in [5.41, 5.74) is 8.12. The number of aliphatic imine (C=N–C) groups is 1. The zero-order valence-electron chi connectivity index (χ0n) is 10.4. The van der Waals surface area contributed by atoms with Gasteiger partial charge in [-0.15, -0.1) is 0 Å². The predicted octanol–water partition coefficient (Wildman–Crippen LogP) is 0.298. The third-order valence-corrected chi connectivity index (χ3v) is 2.65. The van der Waals surface area contributed by atoms with Gasteiger partial charge in [0.05, 0.1) is 0 Å². The van der Waals surface area contributed by atoms with E-state index >= 15 is 0 Å². The molecule has 1 aromatic rings. The molecule has 0 saturated heterocycles. The molecule has 1 atom stereocenters. The van der Waals surface area contributed by atoms with Crippen molar-refractivity contribution in [3.05, 3.63) is 46.7 Å². The van der Waals surface area contributed by atoms with Crippen molar-refractivity contribution in [2.24, 2.45) is 16.6 Å². The van der Waals surface area contributed by atoms with Crippen LogP contribution in [-0.2, 0) is 4.79 Å². The van der Waals surface area contributed by atoms with Crippen LogP contribution in [0.3, 0.4) is 0 Å². The van der Waals surface area contributed by atoms with Crippen molar-refractivity contribution < 1.29 is 9.59 Å². The second-order valence-corrected chi connectivity index (χ2v) is 4.40. The van der Waals surface area contributed by atoms with Crippen molar-refractivity contribution >= 4 is 34.5 Å². The maximum absolute atomic E-state index is 12.1. The van der Waals surface area contributed by atoms with Gasteiger partial charge in [0.1, 0.15) is 10.8 Å². The number of nitrogens with one attached hydrogen (secondary N) is 1. The van der Waals surface area contributed by atoms with Crippen LogP contribution in [0.1, 0.15) is 10.4 Å². The number of nitrogens with two attached hydrogens (primary N) is 2. The zero-order chi connectivity index (χ0) is 15.0. The molecule has 5 N–H and O–H groups in total. The van der Waals surface area contributed by atoms with Crippen molar-refractivity contribution in [2.75, 3.05) is 0 Å². The summed E-state index contributed by atoms with van der Waals surface area (Å²) in [4.78, 5) is 26.4. The molecule has 1 aromatic carbocycles. The number of hydrogen-bond acceptors (Lipinski definition) is 5. The third kappa shape index (κ3) is 4.57. The molecule has 106 valence electrons. The summed E-state index contributed by atoms with van der Waals surface area (Å²) < 4.78 is 0.582. The third-order valence-electron chi connectivity index (χ3n) is 2.24. The normalized spacial score (nSPS) is 16.6. The number of hydrogen-bond donors (Lipinski definition) is 3. The van der Waals surface area contributed by atoms with E-state index in [1.807, 2.05) is 18.2 Å². The minimum absolute atomic E-state index is 0.142. The summed E-state index contributed by atoms with van der Waals surface area (Å²) in [6, 6.07) is 9.00. The van der Waals surface area contributed by atoms with Gasteiger partial charge in [0, 0.05) is 18.0 Å². The number of amides is 2. The van der Waals surface area contributed by atoms with E-state index in [-0.39, 0.29) is 5.91 Å². The van der Waals surface area contributed by atoms with Crippen molar-refractivity contribution in [1.82, 2.24) is 10.3 Å². The number of carbonyl (C=O) groups excluding carboxylic acids is 2. The largest absolute Gasteiger partial charge is 0.306 e. The van der Waals surface area contributed by atoms with Crippen LogP contribution in [0.25, 0.3) is 0 Å². The summed E-state index contributed by atoms with van der Waals surface area (Å²) in [6.07, 6.45) is 2.99. The Bertz CT molecular complexity index is 518. The van der Waals surface area contributed by atoms with E-state index in [0.29, 0.717) is 16.6 Å². The van der Waals surface area contributed by atoms with E-state index in [1.165, 1.54) is 11.1 Å². The van der Waals surface area contributed by atoms with Gasteiger partial charge in [0.15, 0.2) is 0 Å². The minimum Gasteiger partial charge on any atom is -0.306 e. The van der Waals surface area contributed by atoms with Crippen molar-refractivity contribution in [1.29, 1.82) is 0 Å². The highest BCUT2D eigenvalue weighted by Crippen LogP contribution is 2.16. The van der Waals surface area contributed by atoms with Crippen LogP contribution in [0.5, 0.6) is 0 Å². The van der Waals surface area contributed by atoms with Crippen LogP contribution < -0.4 is 17.0 Å². The summed E-state index contributed by atoms with van der Waals surface area (Å²) in [5, 5.41) is 0. The lowest BCUT2D eigenvalue weighted by atomic mass is 10.2. The molecule has 2 amide bonds. The van der Waals surface area contributed by atoms with Crippen molar-refractivity contribution in [2.45, 2.75) is 6.17 Å². The van der Waals surface area contributed by atoms with Crippen molar-refractivity contribution in [3.63, 3.8) is 0 Å². The molecule has 0 aliphatic carbocycles. The van der Waals surface area contributed by atoms with E-state index in [1.54, 1.807) is 23.8 Å². The number of benzene rings is 1. The molecule has 2 rings (SSSR count). The Morgan fingerprint density at radius 3 is 2.55 bits per heavy atom. The zero-order valence-corrected chi connectivity index (χ0v) is 12.0. The number of nitrogens with zero attached hydrogens (tertiary/aromatic N) is 2. The topological polar surface area (TPSA) is 114 Å². The van der Waals surface area contributed by atoms with Gasteiger partial charge in [0.2, 0.25) is 6.41 Å². The molecule has 0 saturated carbocycles. The summed E-state index contributed by atoms with van der Waals surface area (Å²) in [5.74, 6) is 4.27. The van der Waals surface area contributed by atoms with E-state index in [0.717, 1.165) is 0 Å². The molecule has 7 nitrogen and oxygen atoms in total. The Morgan fingerprint density at radius 1 is 1.40 bits per heavy atom. The molecule has 0 aromatic heterocycles. The molecule has 20 heavy (non-hydrogen) atoms. The van der Waals surface area contributed by atoms with Gasteiger partial charge in [-0.3, -0.25) is 19.9 Å². The molecule has 1 aliphatic heterocycles. The first kappa shape index (κ1) is 16.0.